The molecule has 2 rings (SSSR count). The molecule has 0 bridgehead atoms. The molecule has 2 N–H and O–H groups in total. The Labute approximate surface area is 117 Å². The molecule has 20 heavy (non-hydrogen) atoms. The summed E-state index contributed by atoms with van der Waals surface area (Å²) in [5, 5.41) is 21.2. The molecule has 0 aliphatic carbocycles. The first-order valence-corrected chi connectivity index (χ1v) is 5.79. The van der Waals surface area contributed by atoms with Crippen molar-refractivity contribution < 1.29 is 32.7 Å². The number of hydrogen-bond acceptors (Lipinski definition) is 4. The Kier molecular flexibility index (Phi) is 3.46. The van der Waals surface area contributed by atoms with Crippen molar-refractivity contribution in [2.45, 2.75) is 6.18 Å². The van der Waals surface area contributed by atoms with Gasteiger partial charge in [0.05, 0.1) is 10.0 Å². The number of hydrogen-bond donors (Lipinski definition) is 2. The predicted molar refractivity (Wildman–Crippen MR) is 63.3 cm³/mol. The summed E-state index contributed by atoms with van der Waals surface area (Å²) in [6.45, 7) is 0. The molecule has 9 heteroatoms. The van der Waals surface area contributed by atoms with Gasteiger partial charge < -0.3 is 14.7 Å². The number of alkyl halides is 3. The minimum Gasteiger partial charge on any atom is -0.507 e. The number of aromatic hydroxyl groups is 1. The van der Waals surface area contributed by atoms with Gasteiger partial charge in [0.15, 0.2) is 11.5 Å². The van der Waals surface area contributed by atoms with E-state index in [0.29, 0.717) is 6.07 Å². The van der Waals surface area contributed by atoms with Gasteiger partial charge in [-0.1, -0.05) is 5.16 Å². The summed E-state index contributed by atoms with van der Waals surface area (Å²) < 4.78 is 43.3. The number of benzene rings is 1. The van der Waals surface area contributed by atoms with E-state index < -0.39 is 34.7 Å². The number of carboxylic acid groups (broad SMARTS) is 1. The molecule has 0 spiro atoms. The summed E-state index contributed by atoms with van der Waals surface area (Å²) in [6, 6.07) is 2.36. The summed E-state index contributed by atoms with van der Waals surface area (Å²) in [4.78, 5) is 10.7. The lowest BCUT2D eigenvalue weighted by Gasteiger charge is -2.12. The first-order valence-electron chi connectivity index (χ1n) is 5.00. The number of phenols is 1. The maximum Gasteiger partial charge on any atom is 0.417 e. The van der Waals surface area contributed by atoms with Gasteiger partial charge in [0, 0.05) is 11.6 Å². The van der Waals surface area contributed by atoms with E-state index in [4.69, 9.17) is 5.11 Å². The first-order chi connectivity index (χ1) is 9.20. The number of carbonyl (C=O) groups is 1. The van der Waals surface area contributed by atoms with E-state index in [1.807, 2.05) is 0 Å². The van der Waals surface area contributed by atoms with Crippen molar-refractivity contribution >= 4 is 21.9 Å². The van der Waals surface area contributed by atoms with Crippen LogP contribution in [0, 0.1) is 0 Å². The summed E-state index contributed by atoms with van der Waals surface area (Å²) in [5.74, 6) is -2.39. The van der Waals surface area contributed by atoms with E-state index in [9.17, 15) is 23.1 Å². The van der Waals surface area contributed by atoms with Crippen LogP contribution in [0.4, 0.5) is 13.2 Å². The molecule has 2 aromatic rings. The number of carboxylic acids is 1. The van der Waals surface area contributed by atoms with Crippen molar-refractivity contribution in [3.05, 3.63) is 33.9 Å². The molecule has 1 heterocycles. The average Bonchev–Trinajstić information content (AvgIpc) is 2.80. The molecule has 0 amide bonds. The van der Waals surface area contributed by atoms with Gasteiger partial charge in [-0.25, -0.2) is 4.79 Å². The zero-order valence-corrected chi connectivity index (χ0v) is 11.0. The molecule has 0 aliphatic rings. The molecule has 0 atom stereocenters. The number of phenolic OH excluding ortho intramolecular Hbond substituents is 1. The lowest BCUT2D eigenvalue weighted by molar-refractivity contribution is -0.137. The van der Waals surface area contributed by atoms with Crippen LogP contribution in [0.3, 0.4) is 0 Å². The van der Waals surface area contributed by atoms with E-state index in [-0.39, 0.29) is 10.2 Å². The highest BCUT2D eigenvalue weighted by Gasteiger charge is 2.36. The average molecular weight is 352 g/mol. The third-order valence-electron chi connectivity index (χ3n) is 2.39. The van der Waals surface area contributed by atoms with Gasteiger partial charge in [0.25, 0.3) is 0 Å². The number of rotatable bonds is 2. The van der Waals surface area contributed by atoms with E-state index in [0.717, 1.165) is 12.1 Å². The fourth-order valence-corrected chi connectivity index (χ4v) is 1.85. The van der Waals surface area contributed by atoms with Gasteiger partial charge in [0.1, 0.15) is 5.75 Å². The molecule has 0 unspecified atom stereocenters. The van der Waals surface area contributed by atoms with Crippen molar-refractivity contribution in [3.63, 3.8) is 0 Å². The first kappa shape index (κ1) is 14.4. The van der Waals surface area contributed by atoms with E-state index in [2.05, 4.69) is 25.6 Å². The van der Waals surface area contributed by atoms with Crippen LogP contribution in [-0.4, -0.2) is 21.3 Å². The quantitative estimate of drug-likeness (QED) is 0.864. The largest absolute Gasteiger partial charge is 0.507 e. The van der Waals surface area contributed by atoms with Crippen molar-refractivity contribution in [3.8, 4) is 17.1 Å². The third kappa shape index (κ3) is 2.62. The molecule has 0 radical (unpaired) electrons. The minimum absolute atomic E-state index is 0.00813. The Bertz CT molecular complexity index is 681. The van der Waals surface area contributed by atoms with Crippen LogP contribution in [0.2, 0.25) is 0 Å². The lowest BCUT2D eigenvalue weighted by atomic mass is 10.0. The Hall–Kier alpha value is -2.03. The summed E-state index contributed by atoms with van der Waals surface area (Å²) in [5.41, 5.74) is -2.11. The topological polar surface area (TPSA) is 83.6 Å². The number of aromatic carboxylic acids is 1. The normalized spacial score (nSPS) is 11.6. The van der Waals surface area contributed by atoms with E-state index in [1.165, 1.54) is 0 Å². The Morgan fingerprint density at radius 2 is 1.95 bits per heavy atom. The van der Waals surface area contributed by atoms with Crippen LogP contribution in [0.15, 0.2) is 27.2 Å². The molecule has 106 valence electrons. The maximum atomic E-state index is 12.9. The van der Waals surface area contributed by atoms with Gasteiger partial charge in [-0.05, 0) is 28.1 Å². The van der Waals surface area contributed by atoms with Gasteiger partial charge in [-0.3, -0.25) is 0 Å². The van der Waals surface area contributed by atoms with E-state index >= 15 is 0 Å². The molecule has 0 saturated heterocycles. The smallest absolute Gasteiger partial charge is 0.417 e. The highest BCUT2D eigenvalue weighted by atomic mass is 79.9. The van der Waals surface area contributed by atoms with Crippen molar-refractivity contribution in [2.75, 3.05) is 0 Å². The predicted octanol–water partition coefficient (Wildman–Crippen LogP) is 3.53. The van der Waals surface area contributed by atoms with Gasteiger partial charge in [-0.2, -0.15) is 13.2 Å². The second-order valence-electron chi connectivity index (χ2n) is 3.73. The molecular weight excluding hydrogens is 347 g/mol. The highest BCUT2D eigenvalue weighted by molar-refractivity contribution is 9.10. The Morgan fingerprint density at radius 3 is 2.45 bits per heavy atom. The number of aromatic nitrogens is 1. The summed E-state index contributed by atoms with van der Waals surface area (Å²) >= 11 is 2.88. The molecule has 1 aromatic heterocycles. The highest BCUT2D eigenvalue weighted by Crippen LogP contribution is 2.42. The molecule has 5 nitrogen and oxygen atoms in total. The molecular formula is C11H5BrF3NO4. The minimum atomic E-state index is -4.75. The van der Waals surface area contributed by atoms with Crippen molar-refractivity contribution in [2.24, 2.45) is 0 Å². The van der Waals surface area contributed by atoms with Crippen LogP contribution < -0.4 is 0 Å². The zero-order chi connectivity index (χ0) is 15.1. The van der Waals surface area contributed by atoms with Gasteiger partial charge >= 0.3 is 12.1 Å². The molecule has 0 aliphatic heterocycles. The molecule has 0 saturated carbocycles. The van der Waals surface area contributed by atoms with Crippen LogP contribution in [-0.2, 0) is 6.18 Å². The zero-order valence-electron chi connectivity index (χ0n) is 9.40. The third-order valence-corrected chi connectivity index (χ3v) is 3.02. The number of halogens is 4. The van der Waals surface area contributed by atoms with Crippen molar-refractivity contribution in [1.29, 1.82) is 0 Å². The molecule has 1 aromatic carbocycles. The standard InChI is InChI=1S/C11H5BrF3NO4/c12-6-1-4(5(2-8(6)17)11(13,14)15)9-3-7(10(18)19)16-20-9/h1-3,17H,(H,18,19). The number of nitrogens with zero attached hydrogens (tertiary/aromatic N) is 1. The second-order valence-corrected chi connectivity index (χ2v) is 4.58. The Balaban J connectivity index is 2.65. The summed E-state index contributed by atoms with van der Waals surface area (Å²) in [6.07, 6.45) is -4.75. The van der Waals surface area contributed by atoms with Crippen LogP contribution >= 0.6 is 15.9 Å². The van der Waals surface area contributed by atoms with E-state index in [1.54, 1.807) is 0 Å². The van der Waals surface area contributed by atoms with Crippen LogP contribution in [0.1, 0.15) is 16.1 Å². The van der Waals surface area contributed by atoms with Gasteiger partial charge in [0.2, 0.25) is 0 Å². The lowest BCUT2D eigenvalue weighted by Crippen LogP contribution is -2.07. The fourth-order valence-electron chi connectivity index (χ4n) is 1.50. The second kappa shape index (κ2) is 4.82. The van der Waals surface area contributed by atoms with Crippen molar-refractivity contribution in [1.82, 2.24) is 5.16 Å². The maximum absolute atomic E-state index is 12.9. The monoisotopic (exact) mass is 351 g/mol. The van der Waals surface area contributed by atoms with Crippen LogP contribution in [0.25, 0.3) is 11.3 Å². The summed E-state index contributed by atoms with van der Waals surface area (Å²) in [7, 11) is 0. The van der Waals surface area contributed by atoms with Crippen LogP contribution in [0.5, 0.6) is 5.75 Å². The SMILES string of the molecule is O=C(O)c1cc(-c2cc(Br)c(O)cc2C(F)(F)F)on1. The fraction of sp³-hybridized carbons (Fsp3) is 0.0909. The van der Waals surface area contributed by atoms with Gasteiger partial charge in [-0.15, -0.1) is 0 Å². The molecule has 0 fully saturated rings. The Morgan fingerprint density at radius 1 is 1.30 bits per heavy atom.